The van der Waals surface area contributed by atoms with Crippen LogP contribution in [0.3, 0.4) is 0 Å². The van der Waals surface area contributed by atoms with Crippen molar-refractivity contribution in [2.24, 2.45) is 5.92 Å². The van der Waals surface area contributed by atoms with E-state index in [1.165, 1.54) is 13.2 Å². The number of phenolic OH excluding ortho intramolecular Hbond substituents is 1. The van der Waals surface area contributed by atoms with Gasteiger partial charge in [-0.2, -0.15) is 0 Å². The van der Waals surface area contributed by atoms with E-state index in [4.69, 9.17) is 14.2 Å². The van der Waals surface area contributed by atoms with Gasteiger partial charge in [0.2, 0.25) is 21.3 Å². The van der Waals surface area contributed by atoms with Crippen molar-refractivity contribution in [2.45, 2.75) is 73.6 Å². The molecule has 4 rings (SSSR count). The van der Waals surface area contributed by atoms with E-state index >= 15 is 0 Å². The molecule has 2 saturated heterocycles. The van der Waals surface area contributed by atoms with Gasteiger partial charge in [-0.15, -0.1) is 0 Å². The lowest BCUT2D eigenvalue weighted by Gasteiger charge is -2.26. The van der Waals surface area contributed by atoms with E-state index in [1.807, 2.05) is 22.6 Å². The van der Waals surface area contributed by atoms with Gasteiger partial charge in [0.15, 0.2) is 17.3 Å². The molecule has 4 atom stereocenters. The van der Waals surface area contributed by atoms with Crippen LogP contribution in [0.2, 0.25) is 0 Å². The number of ether oxygens (including phenoxy) is 3. The largest absolute Gasteiger partial charge is 0.504 e. The number of benzene rings is 1. The Labute approximate surface area is 253 Å². The molecule has 0 bridgehead atoms. The van der Waals surface area contributed by atoms with Gasteiger partial charge in [0, 0.05) is 25.6 Å². The SMILES string of the molecule is COc1ccc(C[C@H](NC(=O)[C@@H](C)NC(=O)C2CCOCC2)C(=O)N[C@@H](CC2=CCCC2)C(=O)[C@@]2(I)CO2)cc1O. The van der Waals surface area contributed by atoms with Crippen LogP contribution < -0.4 is 20.7 Å². The molecule has 4 N–H and O–H groups in total. The number of epoxide rings is 1. The number of phenols is 1. The Balaban J connectivity index is 1.49. The van der Waals surface area contributed by atoms with E-state index < -0.39 is 33.5 Å². The summed E-state index contributed by atoms with van der Waals surface area (Å²) in [5.41, 5.74) is 1.68. The molecule has 3 amide bonds. The number of allylic oxidation sites excluding steroid dienone is 1. The highest BCUT2D eigenvalue weighted by atomic mass is 127. The Bertz CT molecular complexity index is 1180. The molecule has 11 nitrogen and oxygen atoms in total. The minimum atomic E-state index is -1.09. The predicted molar refractivity (Wildman–Crippen MR) is 158 cm³/mol. The van der Waals surface area contributed by atoms with E-state index in [9.17, 15) is 24.3 Å². The molecule has 12 heteroatoms. The zero-order valence-corrected chi connectivity index (χ0v) is 25.5. The fraction of sp³-hybridized carbons (Fsp3) is 0.586. The number of hydrogen-bond acceptors (Lipinski definition) is 8. The minimum Gasteiger partial charge on any atom is -0.504 e. The smallest absolute Gasteiger partial charge is 0.243 e. The highest BCUT2D eigenvalue weighted by molar-refractivity contribution is 14.1. The molecule has 41 heavy (non-hydrogen) atoms. The first-order valence-corrected chi connectivity index (χ1v) is 15.1. The second-order valence-electron chi connectivity index (χ2n) is 10.8. The molecule has 2 aliphatic heterocycles. The third-order valence-electron chi connectivity index (χ3n) is 7.66. The average molecular weight is 684 g/mol. The molecule has 0 unspecified atom stereocenters. The number of carbonyl (C=O) groups is 4. The third-order valence-corrected chi connectivity index (χ3v) is 8.81. The van der Waals surface area contributed by atoms with E-state index in [0.717, 1.165) is 24.8 Å². The first-order chi connectivity index (χ1) is 19.6. The first-order valence-electron chi connectivity index (χ1n) is 14.0. The molecule has 2 heterocycles. The number of carbonyl (C=O) groups excluding carboxylic acids is 4. The first kappa shape index (κ1) is 31.2. The summed E-state index contributed by atoms with van der Waals surface area (Å²) in [7, 11) is 1.43. The summed E-state index contributed by atoms with van der Waals surface area (Å²) in [4.78, 5) is 52.9. The molecule has 1 aromatic carbocycles. The third kappa shape index (κ3) is 8.41. The molecule has 2 fully saturated rings. The monoisotopic (exact) mass is 683 g/mol. The van der Waals surface area contributed by atoms with E-state index in [0.29, 0.717) is 38.0 Å². The predicted octanol–water partition coefficient (Wildman–Crippen LogP) is 2.08. The number of halogens is 1. The normalized spacial score (nSPS) is 22.6. The zero-order chi connectivity index (χ0) is 29.6. The van der Waals surface area contributed by atoms with Crippen molar-refractivity contribution in [1.82, 2.24) is 16.0 Å². The van der Waals surface area contributed by atoms with E-state index in [1.54, 1.807) is 19.1 Å². The Morgan fingerprint density at radius 3 is 2.41 bits per heavy atom. The quantitative estimate of drug-likeness (QED) is 0.107. The van der Waals surface area contributed by atoms with Gasteiger partial charge in [0.05, 0.1) is 19.8 Å². The summed E-state index contributed by atoms with van der Waals surface area (Å²) in [6, 6.07) is 1.91. The fourth-order valence-electron chi connectivity index (χ4n) is 5.09. The number of rotatable bonds is 13. The van der Waals surface area contributed by atoms with Crippen molar-refractivity contribution in [1.29, 1.82) is 0 Å². The second kappa shape index (κ2) is 14.0. The molecule has 0 radical (unpaired) electrons. The maximum atomic E-state index is 13.7. The van der Waals surface area contributed by atoms with Crippen LogP contribution in [0.4, 0.5) is 0 Å². The van der Waals surface area contributed by atoms with Gasteiger partial charge in [0.25, 0.3) is 0 Å². The molecule has 224 valence electrons. The van der Waals surface area contributed by atoms with E-state index in [-0.39, 0.29) is 42.1 Å². The topological polar surface area (TPSA) is 156 Å². The van der Waals surface area contributed by atoms with E-state index in [2.05, 4.69) is 22.0 Å². The van der Waals surface area contributed by atoms with Crippen molar-refractivity contribution in [3.63, 3.8) is 0 Å². The molecular weight excluding hydrogens is 645 g/mol. The van der Waals surface area contributed by atoms with Crippen molar-refractivity contribution in [3.8, 4) is 11.5 Å². The van der Waals surface area contributed by atoms with Gasteiger partial charge < -0.3 is 35.3 Å². The standard InChI is InChI=1S/C29H38IN3O8/c1-17(31-27(37)20-9-11-40-12-10-20)26(36)33-22(14-19-7-8-24(39-2)23(34)15-19)28(38)32-21(13-18-5-3-4-6-18)25(35)29(30)16-41-29/h5,7-8,15,17,20-22,34H,3-4,6,9-14,16H2,1-2H3,(H,31,37)(H,32,38)(H,33,36)/t17-,21+,22+,29-/m1/s1. The van der Waals surface area contributed by atoms with Crippen molar-refractivity contribution < 1.29 is 38.5 Å². The van der Waals surface area contributed by atoms with Crippen LogP contribution in [0.5, 0.6) is 11.5 Å². The summed E-state index contributed by atoms with van der Waals surface area (Å²) < 4.78 is 14.8. The summed E-state index contributed by atoms with van der Waals surface area (Å²) >= 11 is 1.97. The Kier molecular flexibility index (Phi) is 10.6. The van der Waals surface area contributed by atoms with Gasteiger partial charge >= 0.3 is 0 Å². The Morgan fingerprint density at radius 1 is 1.10 bits per heavy atom. The van der Waals surface area contributed by atoms with Gasteiger partial charge in [-0.3, -0.25) is 19.2 Å². The van der Waals surface area contributed by atoms with Crippen LogP contribution in [0.15, 0.2) is 29.8 Å². The van der Waals surface area contributed by atoms with Gasteiger partial charge in [-0.1, -0.05) is 17.7 Å². The molecule has 0 saturated carbocycles. The number of Topliss-reactive ketones (excluding diaryl/α,β-unsaturated/α-hetero) is 1. The number of alkyl halides is 1. The van der Waals surface area contributed by atoms with Crippen LogP contribution in [0.1, 0.15) is 51.0 Å². The molecule has 3 aliphatic rings. The molecule has 1 aliphatic carbocycles. The average Bonchev–Trinajstić information content (AvgIpc) is 3.50. The van der Waals surface area contributed by atoms with Gasteiger partial charge in [-0.25, -0.2) is 0 Å². The van der Waals surface area contributed by atoms with Crippen LogP contribution in [-0.4, -0.2) is 77.3 Å². The zero-order valence-electron chi connectivity index (χ0n) is 23.4. The lowest BCUT2D eigenvalue weighted by atomic mass is 9.98. The molecule has 0 spiro atoms. The number of hydrogen-bond donors (Lipinski definition) is 4. The fourth-order valence-corrected chi connectivity index (χ4v) is 5.62. The number of ketones is 1. The summed E-state index contributed by atoms with van der Waals surface area (Å²) in [6.07, 6.45) is 6.48. The summed E-state index contributed by atoms with van der Waals surface area (Å²) in [5.74, 6) is -1.60. The van der Waals surface area contributed by atoms with Crippen molar-refractivity contribution >= 4 is 46.1 Å². The number of aromatic hydroxyl groups is 1. The number of methoxy groups -OCH3 is 1. The van der Waals surface area contributed by atoms with Crippen LogP contribution in [0, 0.1) is 5.92 Å². The second-order valence-corrected chi connectivity index (χ2v) is 12.5. The maximum Gasteiger partial charge on any atom is 0.243 e. The van der Waals surface area contributed by atoms with Gasteiger partial charge in [0.1, 0.15) is 12.1 Å². The highest BCUT2D eigenvalue weighted by Crippen LogP contribution is 2.38. The van der Waals surface area contributed by atoms with Crippen LogP contribution in [-0.2, 0) is 35.1 Å². The minimum absolute atomic E-state index is 0.0330. The van der Waals surface area contributed by atoms with Crippen molar-refractivity contribution in [3.05, 3.63) is 35.4 Å². The van der Waals surface area contributed by atoms with Crippen molar-refractivity contribution in [2.75, 3.05) is 26.9 Å². The molecule has 1 aromatic rings. The molecule has 0 aromatic heterocycles. The Morgan fingerprint density at radius 2 is 1.80 bits per heavy atom. The highest BCUT2D eigenvalue weighted by Gasteiger charge is 2.52. The van der Waals surface area contributed by atoms with Crippen LogP contribution in [0.25, 0.3) is 0 Å². The molecular formula is C29H38IN3O8. The maximum absolute atomic E-state index is 13.7. The number of amides is 3. The summed E-state index contributed by atoms with van der Waals surface area (Å²) in [6.45, 7) is 2.84. The number of nitrogens with one attached hydrogen (secondary N) is 3. The lowest BCUT2D eigenvalue weighted by molar-refractivity contribution is -0.134. The summed E-state index contributed by atoms with van der Waals surface area (Å²) in [5, 5.41) is 18.6. The Hall–Kier alpha value is -2.71. The van der Waals surface area contributed by atoms with Crippen LogP contribution >= 0.6 is 22.6 Å². The lowest BCUT2D eigenvalue weighted by Crippen LogP contribution is -2.57. The van der Waals surface area contributed by atoms with Gasteiger partial charge in [-0.05, 0) is 85.7 Å².